The predicted octanol–water partition coefficient (Wildman–Crippen LogP) is 2.77. The standard InChI is InChI=1S/C14H18INO2/c15-12-6-4-11(5-7-12)10-13(14(17)18)16-8-2-1-3-9-16/h4-7,13H,1-3,8-10H2,(H,17,18). The minimum Gasteiger partial charge on any atom is -0.480 e. The molecule has 1 heterocycles. The third kappa shape index (κ3) is 3.68. The number of benzene rings is 1. The van der Waals surface area contributed by atoms with E-state index in [4.69, 9.17) is 0 Å². The van der Waals surface area contributed by atoms with Gasteiger partial charge in [0.2, 0.25) is 0 Å². The monoisotopic (exact) mass is 359 g/mol. The van der Waals surface area contributed by atoms with Crippen LogP contribution in [-0.2, 0) is 11.2 Å². The van der Waals surface area contributed by atoms with E-state index in [1.54, 1.807) is 0 Å². The molecule has 1 aromatic carbocycles. The average Bonchev–Trinajstić information content (AvgIpc) is 2.38. The second-order valence-corrected chi connectivity index (χ2v) is 6.03. The molecule has 1 aliphatic heterocycles. The zero-order chi connectivity index (χ0) is 13.0. The first kappa shape index (κ1) is 13.8. The van der Waals surface area contributed by atoms with Crippen LogP contribution in [0.15, 0.2) is 24.3 Å². The van der Waals surface area contributed by atoms with Crippen molar-refractivity contribution in [3.8, 4) is 0 Å². The van der Waals surface area contributed by atoms with E-state index in [9.17, 15) is 9.90 Å². The van der Waals surface area contributed by atoms with Crippen molar-refractivity contribution < 1.29 is 9.90 Å². The molecule has 1 N–H and O–H groups in total. The van der Waals surface area contributed by atoms with Gasteiger partial charge in [-0.1, -0.05) is 18.6 Å². The molecule has 2 rings (SSSR count). The molecule has 98 valence electrons. The Morgan fingerprint density at radius 3 is 2.39 bits per heavy atom. The van der Waals surface area contributed by atoms with E-state index < -0.39 is 5.97 Å². The van der Waals surface area contributed by atoms with Crippen molar-refractivity contribution >= 4 is 28.6 Å². The molecule has 0 aromatic heterocycles. The molecule has 1 aliphatic rings. The SMILES string of the molecule is O=C(O)C(Cc1ccc(I)cc1)N1CCCCC1. The molecular weight excluding hydrogens is 341 g/mol. The van der Waals surface area contributed by atoms with Gasteiger partial charge in [-0.2, -0.15) is 0 Å². The van der Waals surface area contributed by atoms with Gasteiger partial charge in [-0.05, 0) is 72.6 Å². The number of piperidine rings is 1. The fourth-order valence-electron chi connectivity index (χ4n) is 2.45. The highest BCUT2D eigenvalue weighted by Gasteiger charge is 2.26. The Morgan fingerprint density at radius 1 is 1.22 bits per heavy atom. The maximum atomic E-state index is 11.4. The van der Waals surface area contributed by atoms with Gasteiger partial charge in [0.25, 0.3) is 0 Å². The van der Waals surface area contributed by atoms with Crippen LogP contribution >= 0.6 is 22.6 Å². The maximum Gasteiger partial charge on any atom is 0.321 e. The molecular formula is C14H18INO2. The Bertz CT molecular complexity index is 399. The number of nitrogens with zero attached hydrogens (tertiary/aromatic N) is 1. The van der Waals surface area contributed by atoms with Crippen molar-refractivity contribution in [3.05, 3.63) is 33.4 Å². The van der Waals surface area contributed by atoms with Crippen LogP contribution in [-0.4, -0.2) is 35.1 Å². The van der Waals surface area contributed by atoms with E-state index in [2.05, 4.69) is 27.5 Å². The summed E-state index contributed by atoms with van der Waals surface area (Å²) in [5, 5.41) is 9.40. The van der Waals surface area contributed by atoms with Gasteiger partial charge >= 0.3 is 5.97 Å². The first-order chi connectivity index (χ1) is 8.66. The lowest BCUT2D eigenvalue weighted by molar-refractivity contribution is -0.143. The van der Waals surface area contributed by atoms with Crippen molar-refractivity contribution in [1.29, 1.82) is 0 Å². The van der Waals surface area contributed by atoms with Gasteiger partial charge in [-0.3, -0.25) is 9.69 Å². The molecule has 1 atom stereocenters. The number of hydrogen-bond donors (Lipinski definition) is 1. The normalized spacial score (nSPS) is 18.5. The summed E-state index contributed by atoms with van der Waals surface area (Å²) in [5.41, 5.74) is 1.10. The fourth-order valence-corrected chi connectivity index (χ4v) is 2.81. The lowest BCUT2D eigenvalue weighted by atomic mass is 10.0. The summed E-state index contributed by atoms with van der Waals surface area (Å²) in [6.07, 6.45) is 4.07. The summed E-state index contributed by atoms with van der Waals surface area (Å²) in [5.74, 6) is -0.699. The number of carboxylic acids is 1. The molecule has 3 nitrogen and oxygen atoms in total. The molecule has 0 spiro atoms. The Morgan fingerprint density at radius 2 is 1.83 bits per heavy atom. The number of carbonyl (C=O) groups is 1. The average molecular weight is 359 g/mol. The van der Waals surface area contributed by atoms with Crippen LogP contribution in [0.25, 0.3) is 0 Å². The third-order valence-electron chi connectivity index (χ3n) is 3.46. The Balaban J connectivity index is 2.05. The van der Waals surface area contributed by atoms with Crippen LogP contribution in [0.3, 0.4) is 0 Å². The summed E-state index contributed by atoms with van der Waals surface area (Å²) in [4.78, 5) is 13.5. The molecule has 0 saturated carbocycles. The lowest BCUT2D eigenvalue weighted by Gasteiger charge is -2.32. The molecule has 0 aliphatic carbocycles. The summed E-state index contributed by atoms with van der Waals surface area (Å²) in [6, 6.07) is 7.75. The van der Waals surface area contributed by atoms with Crippen molar-refractivity contribution in [2.45, 2.75) is 31.7 Å². The molecule has 0 amide bonds. The lowest BCUT2D eigenvalue weighted by Crippen LogP contribution is -2.45. The third-order valence-corrected chi connectivity index (χ3v) is 4.18. The van der Waals surface area contributed by atoms with Crippen molar-refractivity contribution in [3.63, 3.8) is 0 Å². The second-order valence-electron chi connectivity index (χ2n) is 4.78. The highest BCUT2D eigenvalue weighted by Crippen LogP contribution is 2.17. The van der Waals surface area contributed by atoms with Gasteiger partial charge in [-0.15, -0.1) is 0 Å². The van der Waals surface area contributed by atoms with Gasteiger partial charge < -0.3 is 5.11 Å². The number of hydrogen-bond acceptors (Lipinski definition) is 2. The van der Waals surface area contributed by atoms with E-state index in [0.29, 0.717) is 6.42 Å². The van der Waals surface area contributed by atoms with Gasteiger partial charge in [0.1, 0.15) is 6.04 Å². The van der Waals surface area contributed by atoms with Crippen LogP contribution in [0.5, 0.6) is 0 Å². The van der Waals surface area contributed by atoms with Crippen LogP contribution in [0.2, 0.25) is 0 Å². The molecule has 0 bridgehead atoms. The molecule has 1 aromatic rings. The topological polar surface area (TPSA) is 40.5 Å². The number of halogens is 1. The Labute approximate surface area is 121 Å². The fraction of sp³-hybridized carbons (Fsp3) is 0.500. The van der Waals surface area contributed by atoms with Gasteiger partial charge in [-0.25, -0.2) is 0 Å². The van der Waals surface area contributed by atoms with Crippen molar-refractivity contribution in [1.82, 2.24) is 4.90 Å². The largest absolute Gasteiger partial charge is 0.480 e. The molecule has 1 fully saturated rings. The second kappa shape index (κ2) is 6.52. The molecule has 4 heteroatoms. The van der Waals surface area contributed by atoms with E-state index in [1.165, 1.54) is 9.99 Å². The van der Waals surface area contributed by atoms with E-state index in [-0.39, 0.29) is 6.04 Å². The number of rotatable bonds is 4. The Kier molecular flexibility index (Phi) is 5.00. The zero-order valence-electron chi connectivity index (χ0n) is 10.3. The van der Waals surface area contributed by atoms with Gasteiger partial charge in [0.15, 0.2) is 0 Å². The quantitative estimate of drug-likeness (QED) is 0.841. The molecule has 1 saturated heterocycles. The predicted molar refractivity (Wildman–Crippen MR) is 79.7 cm³/mol. The van der Waals surface area contributed by atoms with E-state index >= 15 is 0 Å². The number of likely N-dealkylation sites (tertiary alicyclic amines) is 1. The van der Waals surface area contributed by atoms with Crippen LogP contribution < -0.4 is 0 Å². The van der Waals surface area contributed by atoms with E-state index in [0.717, 1.165) is 31.5 Å². The zero-order valence-corrected chi connectivity index (χ0v) is 12.5. The first-order valence-electron chi connectivity index (χ1n) is 6.38. The minimum atomic E-state index is -0.699. The highest BCUT2D eigenvalue weighted by molar-refractivity contribution is 14.1. The van der Waals surface area contributed by atoms with E-state index in [1.807, 2.05) is 24.3 Å². The molecule has 1 unspecified atom stereocenters. The maximum absolute atomic E-state index is 11.4. The first-order valence-corrected chi connectivity index (χ1v) is 7.46. The van der Waals surface area contributed by atoms with Crippen molar-refractivity contribution in [2.24, 2.45) is 0 Å². The number of aliphatic carboxylic acids is 1. The van der Waals surface area contributed by atoms with Crippen LogP contribution in [0.1, 0.15) is 24.8 Å². The Hall–Kier alpha value is -0.620. The smallest absolute Gasteiger partial charge is 0.321 e. The van der Waals surface area contributed by atoms with Crippen molar-refractivity contribution in [2.75, 3.05) is 13.1 Å². The summed E-state index contributed by atoms with van der Waals surface area (Å²) in [7, 11) is 0. The van der Waals surface area contributed by atoms with Gasteiger partial charge in [0, 0.05) is 3.57 Å². The summed E-state index contributed by atoms with van der Waals surface area (Å²) < 4.78 is 1.18. The summed E-state index contributed by atoms with van der Waals surface area (Å²) >= 11 is 2.26. The molecule has 0 radical (unpaired) electrons. The molecule has 18 heavy (non-hydrogen) atoms. The minimum absolute atomic E-state index is 0.370. The highest BCUT2D eigenvalue weighted by atomic mass is 127. The summed E-state index contributed by atoms with van der Waals surface area (Å²) in [6.45, 7) is 1.84. The number of carboxylic acid groups (broad SMARTS) is 1. The van der Waals surface area contributed by atoms with Crippen LogP contribution in [0.4, 0.5) is 0 Å². The van der Waals surface area contributed by atoms with Crippen LogP contribution in [0, 0.1) is 3.57 Å². The van der Waals surface area contributed by atoms with Gasteiger partial charge in [0.05, 0.1) is 0 Å².